The molecular weight excluding hydrogens is 276 g/mol. The number of halogens is 2. The monoisotopic (exact) mass is 289 g/mol. The van der Waals surface area contributed by atoms with Crippen molar-refractivity contribution < 1.29 is 13.5 Å². The van der Waals surface area contributed by atoms with E-state index >= 15 is 0 Å². The number of para-hydroxylation sites is 1. The van der Waals surface area contributed by atoms with E-state index in [0.29, 0.717) is 18.7 Å². The van der Waals surface area contributed by atoms with Gasteiger partial charge in [-0.25, -0.2) is 13.8 Å². The van der Waals surface area contributed by atoms with Crippen LogP contribution in [0.5, 0.6) is 5.75 Å². The SMILES string of the molecule is Nc1nc2c(F)cc(F)cc2n1CCOc1ccccc1. The summed E-state index contributed by atoms with van der Waals surface area (Å²) in [4.78, 5) is 3.92. The molecule has 0 saturated carbocycles. The van der Waals surface area contributed by atoms with E-state index in [4.69, 9.17) is 10.5 Å². The molecule has 3 aromatic rings. The van der Waals surface area contributed by atoms with Crippen molar-refractivity contribution in [3.8, 4) is 5.75 Å². The molecule has 0 aliphatic rings. The van der Waals surface area contributed by atoms with Crippen LogP contribution in [-0.4, -0.2) is 16.2 Å². The zero-order valence-corrected chi connectivity index (χ0v) is 11.1. The number of fused-ring (bicyclic) bond motifs is 1. The molecule has 0 bridgehead atoms. The number of ether oxygens (including phenoxy) is 1. The number of hydrogen-bond donors (Lipinski definition) is 1. The van der Waals surface area contributed by atoms with E-state index < -0.39 is 11.6 Å². The van der Waals surface area contributed by atoms with E-state index in [9.17, 15) is 8.78 Å². The lowest BCUT2D eigenvalue weighted by molar-refractivity contribution is 0.301. The van der Waals surface area contributed by atoms with Crippen molar-refractivity contribution in [3.63, 3.8) is 0 Å². The van der Waals surface area contributed by atoms with Crippen molar-refractivity contribution in [2.45, 2.75) is 6.54 Å². The van der Waals surface area contributed by atoms with Gasteiger partial charge in [0.2, 0.25) is 5.95 Å². The molecule has 0 saturated heterocycles. The molecule has 1 aromatic heterocycles. The van der Waals surface area contributed by atoms with Crippen LogP contribution in [0, 0.1) is 11.6 Å². The Balaban J connectivity index is 1.82. The van der Waals surface area contributed by atoms with Gasteiger partial charge in [-0.2, -0.15) is 0 Å². The maximum absolute atomic E-state index is 13.6. The first kappa shape index (κ1) is 13.4. The molecule has 0 unspecified atom stereocenters. The predicted octanol–water partition coefficient (Wildman–Crippen LogP) is 2.98. The van der Waals surface area contributed by atoms with Crippen molar-refractivity contribution in [2.75, 3.05) is 12.3 Å². The number of nitrogens with two attached hydrogens (primary N) is 1. The van der Waals surface area contributed by atoms with Gasteiger partial charge in [0, 0.05) is 12.1 Å². The molecule has 0 amide bonds. The number of nitrogen functional groups attached to an aromatic ring is 1. The summed E-state index contributed by atoms with van der Waals surface area (Å²) in [5.41, 5.74) is 6.14. The van der Waals surface area contributed by atoms with Gasteiger partial charge >= 0.3 is 0 Å². The molecule has 2 N–H and O–H groups in total. The zero-order chi connectivity index (χ0) is 14.8. The molecule has 0 aliphatic carbocycles. The van der Waals surface area contributed by atoms with Crippen molar-refractivity contribution in [2.24, 2.45) is 0 Å². The summed E-state index contributed by atoms with van der Waals surface area (Å²) in [7, 11) is 0. The molecule has 0 spiro atoms. The fourth-order valence-electron chi connectivity index (χ4n) is 2.17. The van der Waals surface area contributed by atoms with Crippen LogP contribution in [-0.2, 0) is 6.54 Å². The van der Waals surface area contributed by atoms with E-state index in [0.717, 1.165) is 11.8 Å². The largest absolute Gasteiger partial charge is 0.492 e. The van der Waals surface area contributed by atoms with Crippen molar-refractivity contribution in [1.29, 1.82) is 0 Å². The lowest BCUT2D eigenvalue weighted by Crippen LogP contribution is -2.10. The highest BCUT2D eigenvalue weighted by Crippen LogP contribution is 2.22. The van der Waals surface area contributed by atoms with Crippen LogP contribution in [0.3, 0.4) is 0 Å². The highest BCUT2D eigenvalue weighted by Gasteiger charge is 2.13. The Labute approximate surface area is 119 Å². The standard InChI is InChI=1S/C15H13F2N3O/c16-10-8-12(17)14-13(9-10)20(15(18)19-14)6-7-21-11-4-2-1-3-5-11/h1-5,8-9H,6-7H2,(H2,18,19). The molecule has 1 heterocycles. The van der Waals surface area contributed by atoms with Gasteiger partial charge in [0.05, 0.1) is 12.1 Å². The Morgan fingerprint density at radius 3 is 2.67 bits per heavy atom. The molecule has 0 fully saturated rings. The van der Waals surface area contributed by atoms with Crippen LogP contribution < -0.4 is 10.5 Å². The second kappa shape index (κ2) is 5.40. The van der Waals surface area contributed by atoms with E-state index in [1.807, 2.05) is 30.3 Å². The maximum atomic E-state index is 13.6. The number of nitrogens with zero attached hydrogens (tertiary/aromatic N) is 2. The van der Waals surface area contributed by atoms with Crippen LogP contribution in [0.2, 0.25) is 0 Å². The van der Waals surface area contributed by atoms with E-state index in [2.05, 4.69) is 4.98 Å². The summed E-state index contributed by atoms with van der Waals surface area (Å²) in [6, 6.07) is 11.3. The molecule has 108 valence electrons. The summed E-state index contributed by atoms with van der Waals surface area (Å²) >= 11 is 0. The second-order valence-electron chi connectivity index (χ2n) is 4.54. The Hall–Kier alpha value is -2.63. The fraction of sp³-hybridized carbons (Fsp3) is 0.133. The van der Waals surface area contributed by atoms with Crippen molar-refractivity contribution in [3.05, 3.63) is 54.1 Å². The number of benzene rings is 2. The molecule has 6 heteroatoms. The number of imidazole rings is 1. The molecule has 2 aromatic carbocycles. The van der Waals surface area contributed by atoms with Gasteiger partial charge in [-0.15, -0.1) is 0 Å². The molecular formula is C15H13F2N3O. The molecule has 0 atom stereocenters. The van der Waals surface area contributed by atoms with E-state index in [1.165, 1.54) is 10.6 Å². The summed E-state index contributed by atoms with van der Waals surface area (Å²) in [6.45, 7) is 0.665. The van der Waals surface area contributed by atoms with Gasteiger partial charge in [0.15, 0.2) is 5.82 Å². The highest BCUT2D eigenvalue weighted by molar-refractivity contribution is 5.79. The normalized spacial score (nSPS) is 11.0. The van der Waals surface area contributed by atoms with Crippen molar-refractivity contribution in [1.82, 2.24) is 9.55 Å². The third-order valence-corrected chi connectivity index (χ3v) is 3.13. The smallest absolute Gasteiger partial charge is 0.201 e. The molecule has 21 heavy (non-hydrogen) atoms. The average Bonchev–Trinajstić information content (AvgIpc) is 2.77. The number of hydrogen-bond acceptors (Lipinski definition) is 3. The topological polar surface area (TPSA) is 53.1 Å². The molecule has 0 aliphatic heterocycles. The highest BCUT2D eigenvalue weighted by atomic mass is 19.1. The molecule has 3 rings (SSSR count). The Morgan fingerprint density at radius 2 is 1.90 bits per heavy atom. The van der Waals surface area contributed by atoms with Gasteiger partial charge < -0.3 is 15.0 Å². The van der Waals surface area contributed by atoms with Gasteiger partial charge in [0.25, 0.3) is 0 Å². The Morgan fingerprint density at radius 1 is 1.14 bits per heavy atom. The van der Waals surface area contributed by atoms with E-state index in [1.54, 1.807) is 0 Å². The first-order valence-corrected chi connectivity index (χ1v) is 6.44. The molecule has 4 nitrogen and oxygen atoms in total. The third kappa shape index (κ3) is 2.65. The summed E-state index contributed by atoms with van der Waals surface area (Å²) in [5, 5.41) is 0. The van der Waals surface area contributed by atoms with Crippen LogP contribution in [0.4, 0.5) is 14.7 Å². The fourth-order valence-corrected chi connectivity index (χ4v) is 2.17. The number of aromatic nitrogens is 2. The number of anilines is 1. The lowest BCUT2D eigenvalue weighted by Gasteiger charge is -2.08. The van der Waals surface area contributed by atoms with Crippen LogP contribution >= 0.6 is 0 Å². The minimum absolute atomic E-state index is 0.0635. The second-order valence-corrected chi connectivity index (χ2v) is 4.54. The van der Waals surface area contributed by atoms with Gasteiger partial charge in [0.1, 0.15) is 23.7 Å². The van der Waals surface area contributed by atoms with Crippen LogP contribution in [0.1, 0.15) is 0 Å². The Kier molecular flexibility index (Phi) is 3.43. The maximum Gasteiger partial charge on any atom is 0.201 e. The third-order valence-electron chi connectivity index (χ3n) is 3.13. The first-order chi connectivity index (χ1) is 10.1. The number of rotatable bonds is 4. The van der Waals surface area contributed by atoms with E-state index in [-0.39, 0.29) is 11.5 Å². The minimum atomic E-state index is -0.723. The first-order valence-electron chi connectivity index (χ1n) is 6.44. The van der Waals surface area contributed by atoms with Gasteiger partial charge in [-0.3, -0.25) is 0 Å². The molecule has 0 radical (unpaired) electrons. The summed E-state index contributed by atoms with van der Waals surface area (Å²) < 4.78 is 34.0. The van der Waals surface area contributed by atoms with Gasteiger partial charge in [-0.1, -0.05) is 18.2 Å². The van der Waals surface area contributed by atoms with Crippen LogP contribution in [0.15, 0.2) is 42.5 Å². The van der Waals surface area contributed by atoms with Crippen LogP contribution in [0.25, 0.3) is 11.0 Å². The average molecular weight is 289 g/mol. The Bertz CT molecular complexity index is 771. The van der Waals surface area contributed by atoms with Crippen molar-refractivity contribution >= 4 is 17.0 Å². The summed E-state index contributed by atoms with van der Waals surface area (Å²) in [6.07, 6.45) is 0. The predicted molar refractivity (Wildman–Crippen MR) is 76.0 cm³/mol. The van der Waals surface area contributed by atoms with Gasteiger partial charge in [-0.05, 0) is 12.1 Å². The summed E-state index contributed by atoms with van der Waals surface area (Å²) in [5.74, 6) is -0.534. The zero-order valence-electron chi connectivity index (χ0n) is 11.1. The quantitative estimate of drug-likeness (QED) is 0.803. The minimum Gasteiger partial charge on any atom is -0.492 e. The lowest BCUT2D eigenvalue weighted by atomic mass is 10.3.